The minimum atomic E-state index is -0.298. The van der Waals surface area contributed by atoms with Gasteiger partial charge in [-0.15, -0.1) is 0 Å². The Kier molecular flexibility index (Phi) is 4.49. The fourth-order valence-corrected chi connectivity index (χ4v) is 2.57. The molecule has 24 heavy (non-hydrogen) atoms. The topological polar surface area (TPSA) is 66.9 Å². The molecule has 0 saturated carbocycles. The van der Waals surface area contributed by atoms with Gasteiger partial charge < -0.3 is 10.6 Å². The summed E-state index contributed by atoms with van der Waals surface area (Å²) in [5, 5.41) is 5.64. The molecule has 122 valence electrons. The molecule has 0 aliphatic carbocycles. The van der Waals surface area contributed by atoms with Gasteiger partial charge in [-0.3, -0.25) is 0 Å². The monoisotopic (exact) mass is 384 g/mol. The first-order valence-electron chi connectivity index (χ1n) is 7.51. The van der Waals surface area contributed by atoms with E-state index >= 15 is 0 Å². The molecular weight excluding hydrogens is 368 g/mol. The zero-order valence-corrected chi connectivity index (χ0v) is 15.2. The molecule has 0 spiro atoms. The summed E-state index contributed by atoms with van der Waals surface area (Å²) in [6, 6.07) is 10.8. The SMILES string of the molecule is Cc1cc(NC(=O)Nc2ccc3nc(C)c(C)nc3c2)ccc1Br. The summed E-state index contributed by atoms with van der Waals surface area (Å²) >= 11 is 3.44. The Hall–Kier alpha value is -2.47. The second-order valence-corrected chi connectivity index (χ2v) is 6.50. The Morgan fingerprint density at radius 3 is 2.12 bits per heavy atom. The molecule has 1 aromatic heterocycles. The largest absolute Gasteiger partial charge is 0.323 e. The molecule has 0 atom stereocenters. The third kappa shape index (κ3) is 3.54. The average Bonchev–Trinajstić information content (AvgIpc) is 2.52. The van der Waals surface area contributed by atoms with Crippen LogP contribution in [0.1, 0.15) is 17.0 Å². The van der Waals surface area contributed by atoms with Crippen LogP contribution >= 0.6 is 15.9 Å². The van der Waals surface area contributed by atoms with Crippen molar-refractivity contribution in [3.05, 3.63) is 57.8 Å². The molecule has 2 N–H and O–H groups in total. The number of amides is 2. The van der Waals surface area contributed by atoms with E-state index in [9.17, 15) is 4.79 Å². The number of carbonyl (C=O) groups excluding carboxylic acids is 1. The van der Waals surface area contributed by atoms with Crippen molar-refractivity contribution in [1.82, 2.24) is 9.97 Å². The first-order valence-corrected chi connectivity index (χ1v) is 8.31. The van der Waals surface area contributed by atoms with Crippen molar-refractivity contribution in [2.75, 3.05) is 10.6 Å². The highest BCUT2D eigenvalue weighted by Crippen LogP contribution is 2.21. The van der Waals surface area contributed by atoms with Gasteiger partial charge in [-0.2, -0.15) is 0 Å². The molecule has 2 amide bonds. The fourth-order valence-electron chi connectivity index (χ4n) is 2.32. The standard InChI is InChI=1S/C18H17BrN4O/c1-10-8-13(4-6-15(10)19)22-18(24)23-14-5-7-16-17(9-14)21-12(3)11(2)20-16/h4-9H,1-3H3,(H2,22,23,24). The number of nitrogens with one attached hydrogen (secondary N) is 2. The van der Waals surface area contributed by atoms with Crippen LogP contribution in [0, 0.1) is 20.8 Å². The summed E-state index contributed by atoms with van der Waals surface area (Å²) in [5.74, 6) is 0. The zero-order valence-electron chi connectivity index (χ0n) is 13.6. The van der Waals surface area contributed by atoms with Gasteiger partial charge in [-0.25, -0.2) is 14.8 Å². The van der Waals surface area contributed by atoms with Crippen molar-refractivity contribution < 1.29 is 4.79 Å². The maximum absolute atomic E-state index is 12.2. The molecule has 0 bridgehead atoms. The minimum Gasteiger partial charge on any atom is -0.308 e. The van der Waals surface area contributed by atoms with Gasteiger partial charge in [0.2, 0.25) is 0 Å². The Morgan fingerprint density at radius 2 is 1.46 bits per heavy atom. The molecule has 3 aromatic rings. The second-order valence-electron chi connectivity index (χ2n) is 5.64. The highest BCUT2D eigenvalue weighted by Gasteiger charge is 2.07. The lowest BCUT2D eigenvalue weighted by molar-refractivity contribution is 0.262. The van der Waals surface area contributed by atoms with Gasteiger partial charge >= 0.3 is 6.03 Å². The van der Waals surface area contributed by atoms with Crippen molar-refractivity contribution in [3.8, 4) is 0 Å². The number of nitrogens with zero attached hydrogens (tertiary/aromatic N) is 2. The Morgan fingerprint density at radius 1 is 0.875 bits per heavy atom. The predicted molar refractivity (Wildman–Crippen MR) is 101 cm³/mol. The van der Waals surface area contributed by atoms with Gasteiger partial charge in [-0.05, 0) is 62.7 Å². The van der Waals surface area contributed by atoms with Crippen LogP contribution in [0.25, 0.3) is 11.0 Å². The first kappa shape index (κ1) is 16.4. The van der Waals surface area contributed by atoms with Crippen molar-refractivity contribution in [1.29, 1.82) is 0 Å². The van der Waals surface area contributed by atoms with Crippen LogP contribution in [-0.2, 0) is 0 Å². The number of urea groups is 1. The number of aryl methyl sites for hydroxylation is 3. The Balaban J connectivity index is 1.77. The minimum absolute atomic E-state index is 0.298. The summed E-state index contributed by atoms with van der Waals surface area (Å²) in [6.45, 7) is 5.82. The number of halogens is 1. The molecule has 5 nitrogen and oxygen atoms in total. The van der Waals surface area contributed by atoms with Crippen LogP contribution < -0.4 is 10.6 Å². The van der Waals surface area contributed by atoms with Crippen LogP contribution in [-0.4, -0.2) is 16.0 Å². The Bertz CT molecular complexity index is 940. The van der Waals surface area contributed by atoms with Crippen molar-refractivity contribution in [2.24, 2.45) is 0 Å². The van der Waals surface area contributed by atoms with Gasteiger partial charge in [0.1, 0.15) is 0 Å². The number of carbonyl (C=O) groups is 1. The number of benzene rings is 2. The summed E-state index contributed by atoms with van der Waals surface area (Å²) < 4.78 is 1.01. The first-order chi connectivity index (χ1) is 11.4. The lowest BCUT2D eigenvalue weighted by Crippen LogP contribution is -2.19. The molecule has 0 fully saturated rings. The summed E-state index contributed by atoms with van der Waals surface area (Å²) in [6.07, 6.45) is 0. The molecular formula is C18H17BrN4O. The molecule has 0 aliphatic heterocycles. The third-order valence-corrected chi connectivity index (χ3v) is 4.64. The lowest BCUT2D eigenvalue weighted by atomic mass is 10.2. The number of hydrogen-bond acceptors (Lipinski definition) is 3. The molecule has 0 unspecified atom stereocenters. The van der Waals surface area contributed by atoms with E-state index in [1.807, 2.05) is 57.2 Å². The number of hydrogen-bond donors (Lipinski definition) is 2. The van der Waals surface area contributed by atoms with Crippen LogP contribution in [0.3, 0.4) is 0 Å². The van der Waals surface area contributed by atoms with E-state index in [-0.39, 0.29) is 6.03 Å². The molecule has 3 rings (SSSR count). The van der Waals surface area contributed by atoms with E-state index in [4.69, 9.17) is 0 Å². The summed E-state index contributed by atoms with van der Waals surface area (Å²) in [7, 11) is 0. The molecule has 0 saturated heterocycles. The zero-order chi connectivity index (χ0) is 17.3. The van der Waals surface area contributed by atoms with E-state index in [0.29, 0.717) is 5.69 Å². The molecule has 2 aromatic carbocycles. The van der Waals surface area contributed by atoms with E-state index in [2.05, 4.69) is 36.5 Å². The van der Waals surface area contributed by atoms with Crippen molar-refractivity contribution in [3.63, 3.8) is 0 Å². The second kappa shape index (κ2) is 6.57. The molecule has 0 radical (unpaired) electrons. The third-order valence-electron chi connectivity index (χ3n) is 3.75. The fraction of sp³-hybridized carbons (Fsp3) is 0.167. The summed E-state index contributed by atoms with van der Waals surface area (Å²) in [4.78, 5) is 21.2. The van der Waals surface area contributed by atoms with Gasteiger partial charge in [0.15, 0.2) is 0 Å². The van der Waals surface area contributed by atoms with Crippen LogP contribution in [0.2, 0.25) is 0 Å². The van der Waals surface area contributed by atoms with Crippen molar-refractivity contribution in [2.45, 2.75) is 20.8 Å². The maximum atomic E-state index is 12.2. The lowest BCUT2D eigenvalue weighted by Gasteiger charge is -2.10. The normalized spacial score (nSPS) is 10.7. The molecule has 6 heteroatoms. The van der Waals surface area contributed by atoms with E-state index in [1.54, 1.807) is 0 Å². The van der Waals surface area contributed by atoms with Gasteiger partial charge in [0, 0.05) is 15.8 Å². The highest BCUT2D eigenvalue weighted by molar-refractivity contribution is 9.10. The molecule has 0 aliphatic rings. The van der Waals surface area contributed by atoms with E-state index in [0.717, 1.165) is 38.1 Å². The summed E-state index contributed by atoms with van der Waals surface area (Å²) in [5.41, 5.74) is 5.83. The maximum Gasteiger partial charge on any atom is 0.323 e. The average molecular weight is 385 g/mol. The van der Waals surface area contributed by atoms with Gasteiger partial charge in [0.25, 0.3) is 0 Å². The number of aromatic nitrogens is 2. The number of fused-ring (bicyclic) bond motifs is 1. The number of anilines is 2. The van der Waals surface area contributed by atoms with Crippen LogP contribution in [0.5, 0.6) is 0 Å². The van der Waals surface area contributed by atoms with Crippen LogP contribution in [0.15, 0.2) is 40.9 Å². The van der Waals surface area contributed by atoms with Crippen LogP contribution in [0.4, 0.5) is 16.2 Å². The van der Waals surface area contributed by atoms with E-state index < -0.39 is 0 Å². The van der Waals surface area contributed by atoms with Gasteiger partial charge in [0.05, 0.1) is 22.4 Å². The van der Waals surface area contributed by atoms with Crippen molar-refractivity contribution >= 4 is 44.4 Å². The quantitative estimate of drug-likeness (QED) is 0.655. The van der Waals surface area contributed by atoms with E-state index in [1.165, 1.54) is 0 Å². The Labute approximate surface area is 148 Å². The predicted octanol–water partition coefficient (Wildman–Crippen LogP) is 4.96. The molecule has 1 heterocycles. The van der Waals surface area contributed by atoms with Gasteiger partial charge in [-0.1, -0.05) is 15.9 Å². The highest BCUT2D eigenvalue weighted by atomic mass is 79.9. The smallest absolute Gasteiger partial charge is 0.308 e. The number of rotatable bonds is 2.